The Kier molecular flexibility index (Phi) is 3.66. The van der Waals surface area contributed by atoms with Crippen LogP contribution in [0.3, 0.4) is 0 Å². The van der Waals surface area contributed by atoms with Crippen molar-refractivity contribution in [3.8, 4) is 0 Å². The molecule has 0 amide bonds. The van der Waals surface area contributed by atoms with Crippen molar-refractivity contribution in [3.05, 3.63) is 48.3 Å². The Morgan fingerprint density at radius 3 is 3.00 bits per heavy atom. The Morgan fingerprint density at radius 2 is 2.25 bits per heavy atom. The van der Waals surface area contributed by atoms with Gasteiger partial charge in [0.2, 0.25) is 0 Å². The topological polar surface area (TPSA) is 42.7 Å². The van der Waals surface area contributed by atoms with Crippen LogP contribution in [0.2, 0.25) is 0 Å². The predicted octanol–water partition coefficient (Wildman–Crippen LogP) is 1.38. The molecule has 0 saturated heterocycles. The van der Waals surface area contributed by atoms with E-state index in [-0.39, 0.29) is 0 Å². The van der Waals surface area contributed by atoms with Gasteiger partial charge in [-0.1, -0.05) is 6.07 Å². The molecule has 0 fully saturated rings. The van der Waals surface area contributed by atoms with Crippen LogP contribution in [0.4, 0.5) is 0 Å². The number of nitrogens with zero attached hydrogens (tertiary/aromatic N) is 3. The van der Waals surface area contributed by atoms with E-state index in [1.54, 1.807) is 6.20 Å². The summed E-state index contributed by atoms with van der Waals surface area (Å²) in [6.07, 6.45) is 9.36. The fraction of sp³-hybridized carbons (Fsp3) is 0.333. The van der Waals surface area contributed by atoms with Crippen molar-refractivity contribution in [1.29, 1.82) is 0 Å². The molecular weight excluding hydrogens is 200 g/mol. The molecule has 2 heterocycles. The zero-order valence-corrected chi connectivity index (χ0v) is 9.43. The van der Waals surface area contributed by atoms with E-state index in [1.807, 2.05) is 24.9 Å². The highest BCUT2D eigenvalue weighted by atomic mass is 15.0. The van der Waals surface area contributed by atoms with E-state index < -0.39 is 0 Å². The minimum Gasteiger partial charge on any atom is -0.336 e. The number of aromatic nitrogens is 3. The summed E-state index contributed by atoms with van der Waals surface area (Å²) in [4.78, 5) is 8.15. The van der Waals surface area contributed by atoms with E-state index in [4.69, 9.17) is 0 Å². The molecule has 0 aliphatic carbocycles. The van der Waals surface area contributed by atoms with Crippen molar-refractivity contribution in [2.45, 2.75) is 20.0 Å². The Balaban J connectivity index is 1.72. The van der Waals surface area contributed by atoms with E-state index in [2.05, 4.69) is 32.8 Å². The first-order chi connectivity index (χ1) is 7.84. The molecule has 2 rings (SSSR count). The number of imidazole rings is 1. The summed E-state index contributed by atoms with van der Waals surface area (Å²) in [7, 11) is 0. The number of hydrogen-bond donors (Lipinski definition) is 1. The molecule has 4 nitrogen and oxygen atoms in total. The smallest absolute Gasteiger partial charge is 0.0946 e. The van der Waals surface area contributed by atoms with Gasteiger partial charge in [-0.15, -0.1) is 0 Å². The van der Waals surface area contributed by atoms with E-state index in [0.29, 0.717) is 0 Å². The zero-order chi connectivity index (χ0) is 11.2. The Bertz CT molecular complexity index is 422. The van der Waals surface area contributed by atoms with Crippen LogP contribution in [-0.2, 0) is 13.1 Å². The van der Waals surface area contributed by atoms with Crippen LogP contribution in [0.1, 0.15) is 11.1 Å². The lowest BCUT2D eigenvalue weighted by Crippen LogP contribution is -2.19. The third-order valence-corrected chi connectivity index (χ3v) is 2.37. The number of hydrogen-bond acceptors (Lipinski definition) is 3. The van der Waals surface area contributed by atoms with Gasteiger partial charge in [-0.2, -0.15) is 0 Å². The van der Waals surface area contributed by atoms with Gasteiger partial charge in [-0.05, 0) is 18.1 Å². The molecule has 0 spiro atoms. The van der Waals surface area contributed by atoms with Crippen LogP contribution in [-0.4, -0.2) is 21.1 Å². The minimum atomic E-state index is 0.864. The Hall–Kier alpha value is -1.68. The van der Waals surface area contributed by atoms with E-state index >= 15 is 0 Å². The summed E-state index contributed by atoms with van der Waals surface area (Å²) < 4.78 is 2.06. The van der Waals surface area contributed by atoms with E-state index in [1.165, 1.54) is 11.1 Å². The predicted molar refractivity (Wildman–Crippen MR) is 62.9 cm³/mol. The van der Waals surface area contributed by atoms with Gasteiger partial charge >= 0.3 is 0 Å². The second-order valence-electron chi connectivity index (χ2n) is 3.85. The molecule has 0 bridgehead atoms. The molecule has 4 heteroatoms. The quantitative estimate of drug-likeness (QED) is 0.768. The van der Waals surface area contributed by atoms with Crippen LogP contribution in [0.25, 0.3) is 0 Å². The highest BCUT2D eigenvalue weighted by molar-refractivity contribution is 5.16. The second-order valence-corrected chi connectivity index (χ2v) is 3.85. The highest BCUT2D eigenvalue weighted by Crippen LogP contribution is 2.00. The van der Waals surface area contributed by atoms with Crippen LogP contribution in [0, 0.1) is 6.92 Å². The molecular formula is C12H16N4. The Morgan fingerprint density at radius 1 is 1.31 bits per heavy atom. The molecule has 1 N–H and O–H groups in total. The zero-order valence-electron chi connectivity index (χ0n) is 9.43. The van der Waals surface area contributed by atoms with Crippen molar-refractivity contribution in [2.75, 3.05) is 6.54 Å². The molecule has 2 aromatic rings. The van der Waals surface area contributed by atoms with E-state index in [9.17, 15) is 0 Å². The fourth-order valence-electron chi connectivity index (χ4n) is 1.57. The fourth-order valence-corrected chi connectivity index (χ4v) is 1.57. The van der Waals surface area contributed by atoms with Gasteiger partial charge in [0.1, 0.15) is 0 Å². The second kappa shape index (κ2) is 5.42. The number of rotatable bonds is 5. The first-order valence-corrected chi connectivity index (χ1v) is 5.41. The lowest BCUT2D eigenvalue weighted by Gasteiger charge is -2.05. The summed E-state index contributed by atoms with van der Waals surface area (Å²) >= 11 is 0. The minimum absolute atomic E-state index is 0.864. The van der Waals surface area contributed by atoms with Gasteiger partial charge in [0.05, 0.1) is 6.33 Å². The van der Waals surface area contributed by atoms with Gasteiger partial charge in [-0.3, -0.25) is 4.98 Å². The van der Waals surface area contributed by atoms with Crippen molar-refractivity contribution in [1.82, 2.24) is 19.9 Å². The summed E-state index contributed by atoms with van der Waals surface area (Å²) in [6.45, 7) is 4.80. The average Bonchev–Trinajstić information content (AvgIpc) is 2.77. The maximum atomic E-state index is 4.16. The van der Waals surface area contributed by atoms with Gasteiger partial charge in [0.15, 0.2) is 0 Å². The molecule has 2 aromatic heterocycles. The van der Waals surface area contributed by atoms with Gasteiger partial charge in [0.25, 0.3) is 0 Å². The van der Waals surface area contributed by atoms with Gasteiger partial charge in [-0.25, -0.2) is 4.98 Å². The van der Waals surface area contributed by atoms with Gasteiger partial charge in [0, 0.05) is 44.4 Å². The van der Waals surface area contributed by atoms with Gasteiger partial charge < -0.3 is 9.88 Å². The average molecular weight is 216 g/mol. The standard InChI is InChI=1S/C12H16N4/c1-11-6-12(9-15-7-11)8-13-2-4-16-5-3-14-10-16/h3,5-7,9-10,13H,2,4,8H2,1H3. The summed E-state index contributed by atoms with van der Waals surface area (Å²) in [5, 5.41) is 3.38. The third kappa shape index (κ3) is 3.17. The third-order valence-electron chi connectivity index (χ3n) is 2.37. The van der Waals surface area contributed by atoms with E-state index in [0.717, 1.165) is 19.6 Å². The van der Waals surface area contributed by atoms with Crippen LogP contribution in [0.15, 0.2) is 37.2 Å². The highest BCUT2D eigenvalue weighted by Gasteiger charge is 1.94. The number of aryl methyl sites for hydroxylation is 1. The van der Waals surface area contributed by atoms with Crippen molar-refractivity contribution < 1.29 is 0 Å². The molecule has 0 aliphatic rings. The normalized spacial score (nSPS) is 10.6. The SMILES string of the molecule is Cc1cncc(CNCCn2ccnc2)c1. The number of pyridine rings is 1. The molecule has 0 aromatic carbocycles. The Labute approximate surface area is 95.4 Å². The molecule has 16 heavy (non-hydrogen) atoms. The molecule has 0 radical (unpaired) electrons. The lowest BCUT2D eigenvalue weighted by molar-refractivity contribution is 0.596. The van der Waals surface area contributed by atoms with Crippen molar-refractivity contribution in [2.24, 2.45) is 0 Å². The molecule has 0 aliphatic heterocycles. The summed E-state index contributed by atoms with van der Waals surface area (Å²) in [5.41, 5.74) is 2.43. The molecule has 0 saturated carbocycles. The maximum Gasteiger partial charge on any atom is 0.0946 e. The summed E-state index contributed by atoms with van der Waals surface area (Å²) in [6, 6.07) is 2.15. The van der Waals surface area contributed by atoms with Crippen LogP contribution < -0.4 is 5.32 Å². The number of nitrogens with one attached hydrogen (secondary N) is 1. The lowest BCUT2D eigenvalue weighted by atomic mass is 10.2. The van der Waals surface area contributed by atoms with Crippen molar-refractivity contribution in [3.63, 3.8) is 0 Å². The monoisotopic (exact) mass is 216 g/mol. The molecule has 0 atom stereocenters. The first-order valence-electron chi connectivity index (χ1n) is 5.41. The summed E-state index contributed by atoms with van der Waals surface area (Å²) in [5.74, 6) is 0. The van der Waals surface area contributed by atoms with Crippen LogP contribution >= 0.6 is 0 Å². The maximum absolute atomic E-state index is 4.16. The first kappa shape index (κ1) is 10.8. The van der Waals surface area contributed by atoms with Crippen molar-refractivity contribution >= 4 is 0 Å². The van der Waals surface area contributed by atoms with Crippen LogP contribution in [0.5, 0.6) is 0 Å². The largest absolute Gasteiger partial charge is 0.336 e. The molecule has 0 unspecified atom stereocenters. The molecule has 84 valence electrons.